The average Bonchev–Trinajstić information content (AvgIpc) is 2.36. The van der Waals surface area contributed by atoms with Gasteiger partial charge in [-0.05, 0) is 37.8 Å². The second-order valence-corrected chi connectivity index (χ2v) is 5.27. The number of rotatable bonds is 5. The summed E-state index contributed by atoms with van der Waals surface area (Å²) < 4.78 is 4.81. The number of hydrogen-bond acceptors (Lipinski definition) is 5. The van der Waals surface area contributed by atoms with Crippen molar-refractivity contribution in [1.29, 1.82) is 5.26 Å². The number of esters is 1. The summed E-state index contributed by atoms with van der Waals surface area (Å²) in [6, 6.07) is 3.48. The Kier molecular flexibility index (Phi) is 5.51. The number of nitrogens with zero attached hydrogens (tertiary/aromatic N) is 2. The first kappa shape index (κ1) is 16.0. The van der Waals surface area contributed by atoms with Crippen LogP contribution in [0.3, 0.4) is 0 Å². The summed E-state index contributed by atoms with van der Waals surface area (Å²) >= 11 is 0. The molecule has 0 aliphatic rings. The van der Waals surface area contributed by atoms with Crippen LogP contribution in [0.4, 0.5) is 5.82 Å². The van der Waals surface area contributed by atoms with E-state index in [1.165, 1.54) is 7.11 Å². The van der Waals surface area contributed by atoms with Crippen molar-refractivity contribution in [2.45, 2.75) is 40.2 Å². The minimum absolute atomic E-state index is 0.322. The number of methoxy groups -OCH3 is 1. The molecule has 1 unspecified atom stereocenters. The second kappa shape index (κ2) is 6.90. The van der Waals surface area contributed by atoms with Gasteiger partial charge in [0.15, 0.2) is 0 Å². The quantitative estimate of drug-likeness (QED) is 0.836. The van der Waals surface area contributed by atoms with E-state index in [1.807, 2.05) is 33.8 Å². The minimum atomic E-state index is -0.499. The Balaban J connectivity index is 3.11. The molecule has 0 amide bonds. The van der Waals surface area contributed by atoms with Gasteiger partial charge in [0.25, 0.3) is 0 Å². The maximum Gasteiger partial charge on any atom is 0.328 e. The van der Waals surface area contributed by atoms with Crippen LogP contribution in [-0.2, 0) is 9.53 Å². The van der Waals surface area contributed by atoms with Crippen molar-refractivity contribution < 1.29 is 9.53 Å². The number of hydrogen-bond donors (Lipinski definition) is 1. The molecule has 0 saturated heterocycles. The van der Waals surface area contributed by atoms with Crippen LogP contribution in [0.1, 0.15) is 37.1 Å². The first-order valence-corrected chi connectivity index (χ1v) is 6.61. The largest absolute Gasteiger partial charge is 0.467 e. The highest BCUT2D eigenvalue weighted by Gasteiger charge is 2.22. The van der Waals surface area contributed by atoms with Crippen molar-refractivity contribution >= 4 is 11.8 Å². The summed E-state index contributed by atoms with van der Waals surface area (Å²) in [5, 5.41) is 12.3. The van der Waals surface area contributed by atoms with Gasteiger partial charge >= 0.3 is 5.97 Å². The van der Waals surface area contributed by atoms with E-state index in [9.17, 15) is 10.1 Å². The minimum Gasteiger partial charge on any atom is -0.467 e. The number of anilines is 1. The maximum absolute atomic E-state index is 11.8. The van der Waals surface area contributed by atoms with Gasteiger partial charge in [-0.1, -0.05) is 13.8 Å². The molecule has 20 heavy (non-hydrogen) atoms. The number of nitrogens with one attached hydrogen (secondary N) is 1. The third kappa shape index (κ3) is 3.95. The summed E-state index contributed by atoms with van der Waals surface area (Å²) in [5.74, 6) is 0.424. The molecule has 108 valence electrons. The van der Waals surface area contributed by atoms with Crippen molar-refractivity contribution in [2.75, 3.05) is 12.4 Å². The summed E-state index contributed by atoms with van der Waals surface area (Å²) in [6.45, 7) is 7.76. The van der Waals surface area contributed by atoms with Crippen LogP contribution in [0.15, 0.2) is 6.07 Å². The zero-order valence-electron chi connectivity index (χ0n) is 12.7. The molecule has 5 nitrogen and oxygen atoms in total. The molecular weight excluding hydrogens is 254 g/mol. The molecule has 5 heteroatoms. The maximum atomic E-state index is 11.8. The Bertz CT molecular complexity index is 533. The van der Waals surface area contributed by atoms with Gasteiger partial charge in [0, 0.05) is 5.69 Å². The molecule has 0 saturated carbocycles. The number of carbonyl (C=O) groups is 1. The van der Waals surface area contributed by atoms with Gasteiger partial charge in [-0.15, -0.1) is 0 Å². The predicted octanol–water partition coefficient (Wildman–Crippen LogP) is 2.57. The van der Waals surface area contributed by atoms with E-state index in [4.69, 9.17) is 4.74 Å². The molecule has 0 bridgehead atoms. The van der Waals surface area contributed by atoms with E-state index >= 15 is 0 Å². The fourth-order valence-electron chi connectivity index (χ4n) is 2.08. The van der Waals surface area contributed by atoms with Crippen molar-refractivity contribution in [2.24, 2.45) is 5.92 Å². The first-order valence-electron chi connectivity index (χ1n) is 6.61. The fraction of sp³-hybridized carbons (Fsp3) is 0.533. The third-order valence-corrected chi connectivity index (χ3v) is 2.96. The van der Waals surface area contributed by atoms with E-state index < -0.39 is 6.04 Å². The molecule has 0 aliphatic heterocycles. The Morgan fingerprint density at radius 3 is 2.65 bits per heavy atom. The number of aryl methyl sites for hydroxylation is 2. The van der Waals surface area contributed by atoms with Gasteiger partial charge in [0.2, 0.25) is 0 Å². The van der Waals surface area contributed by atoms with Crippen molar-refractivity contribution in [3.05, 3.63) is 22.9 Å². The standard InChI is InChI=1S/C15H21N3O2/c1-9(2)6-13(15(19)20-5)18-14-12(8-16)10(3)7-11(4)17-14/h7,9,13H,6H2,1-5H3,(H,17,18). The average molecular weight is 275 g/mol. The molecule has 1 heterocycles. The van der Waals surface area contributed by atoms with Gasteiger partial charge in [0.1, 0.15) is 17.9 Å². The van der Waals surface area contributed by atoms with Crippen LogP contribution in [0.2, 0.25) is 0 Å². The van der Waals surface area contributed by atoms with E-state index in [-0.39, 0.29) is 5.97 Å². The van der Waals surface area contributed by atoms with Crippen molar-refractivity contribution in [1.82, 2.24) is 4.98 Å². The molecule has 1 N–H and O–H groups in total. The van der Waals surface area contributed by atoms with Crippen molar-refractivity contribution in [3.63, 3.8) is 0 Å². The van der Waals surface area contributed by atoms with Crippen LogP contribution in [0.25, 0.3) is 0 Å². The summed E-state index contributed by atoms with van der Waals surface area (Å²) in [7, 11) is 1.36. The van der Waals surface area contributed by atoms with Gasteiger partial charge in [-0.25, -0.2) is 9.78 Å². The lowest BCUT2D eigenvalue weighted by Crippen LogP contribution is -2.33. The van der Waals surface area contributed by atoms with Crippen molar-refractivity contribution in [3.8, 4) is 6.07 Å². The number of aromatic nitrogens is 1. The lowest BCUT2D eigenvalue weighted by atomic mass is 10.0. The molecule has 1 aromatic rings. The van der Waals surface area contributed by atoms with Crippen LogP contribution in [0.5, 0.6) is 0 Å². The van der Waals surface area contributed by atoms with E-state index in [1.54, 1.807) is 0 Å². The summed E-state index contributed by atoms with van der Waals surface area (Å²) in [4.78, 5) is 16.2. The van der Waals surface area contributed by atoms with Gasteiger partial charge in [-0.2, -0.15) is 5.26 Å². The lowest BCUT2D eigenvalue weighted by Gasteiger charge is -2.20. The Labute approximate surface area is 120 Å². The molecule has 0 spiro atoms. The SMILES string of the molecule is COC(=O)C(CC(C)C)Nc1nc(C)cc(C)c1C#N. The van der Waals surface area contributed by atoms with E-state index in [0.717, 1.165) is 11.3 Å². The first-order chi connectivity index (χ1) is 9.38. The highest BCUT2D eigenvalue weighted by molar-refractivity contribution is 5.79. The zero-order chi connectivity index (χ0) is 15.3. The Hall–Kier alpha value is -2.09. The highest BCUT2D eigenvalue weighted by atomic mass is 16.5. The number of nitriles is 1. The van der Waals surface area contributed by atoms with E-state index in [2.05, 4.69) is 16.4 Å². The van der Waals surface area contributed by atoms with Gasteiger partial charge < -0.3 is 10.1 Å². The third-order valence-electron chi connectivity index (χ3n) is 2.96. The molecule has 0 aliphatic carbocycles. The van der Waals surface area contributed by atoms with Crippen LogP contribution in [-0.4, -0.2) is 24.1 Å². The highest BCUT2D eigenvalue weighted by Crippen LogP contribution is 2.20. The zero-order valence-corrected chi connectivity index (χ0v) is 12.7. The normalized spacial score (nSPS) is 11.8. The summed E-state index contributed by atoms with van der Waals surface area (Å²) in [5.41, 5.74) is 2.11. The summed E-state index contributed by atoms with van der Waals surface area (Å²) in [6.07, 6.45) is 0.617. The monoisotopic (exact) mass is 275 g/mol. The molecule has 0 aromatic carbocycles. The topological polar surface area (TPSA) is 75.0 Å². The van der Waals surface area contributed by atoms with Gasteiger partial charge in [-0.3, -0.25) is 0 Å². The molecule has 0 fully saturated rings. The number of ether oxygens (including phenoxy) is 1. The molecule has 1 atom stereocenters. The van der Waals surface area contributed by atoms with Crippen LogP contribution < -0.4 is 5.32 Å². The molecule has 1 aromatic heterocycles. The Morgan fingerprint density at radius 2 is 2.15 bits per heavy atom. The molecule has 1 rings (SSSR count). The Morgan fingerprint density at radius 1 is 1.50 bits per heavy atom. The van der Waals surface area contributed by atoms with Crippen LogP contribution in [0, 0.1) is 31.1 Å². The number of pyridine rings is 1. The number of carbonyl (C=O) groups excluding carboxylic acids is 1. The molecular formula is C15H21N3O2. The van der Waals surface area contributed by atoms with E-state index in [0.29, 0.717) is 23.7 Å². The second-order valence-electron chi connectivity index (χ2n) is 5.27. The smallest absolute Gasteiger partial charge is 0.328 e. The predicted molar refractivity (Wildman–Crippen MR) is 77.3 cm³/mol. The van der Waals surface area contributed by atoms with Crippen LogP contribution >= 0.6 is 0 Å². The molecule has 0 radical (unpaired) electrons. The van der Waals surface area contributed by atoms with Gasteiger partial charge in [0.05, 0.1) is 12.7 Å². The fourth-order valence-corrected chi connectivity index (χ4v) is 2.08. The lowest BCUT2D eigenvalue weighted by molar-refractivity contribution is -0.141.